The molecule has 0 aromatic heterocycles. The van der Waals surface area contributed by atoms with E-state index >= 15 is 0 Å². The van der Waals surface area contributed by atoms with Crippen LogP contribution in [-0.2, 0) is 25.6 Å². The molecule has 2 aliphatic heterocycles. The maximum absolute atomic E-state index is 13.9. The van der Waals surface area contributed by atoms with Crippen molar-refractivity contribution in [1.82, 2.24) is 20.4 Å². The van der Waals surface area contributed by atoms with Crippen LogP contribution in [0.3, 0.4) is 0 Å². The van der Waals surface area contributed by atoms with Crippen molar-refractivity contribution in [2.24, 2.45) is 0 Å². The van der Waals surface area contributed by atoms with Crippen molar-refractivity contribution >= 4 is 23.6 Å². The number of carbonyl (C=O) groups is 4. The number of allylic oxidation sites excluding steroid dienone is 4. The van der Waals surface area contributed by atoms with Crippen LogP contribution < -0.4 is 15.4 Å². The summed E-state index contributed by atoms with van der Waals surface area (Å²) in [5, 5.41) is 4.71. The van der Waals surface area contributed by atoms with Crippen LogP contribution in [0.25, 0.3) is 0 Å². The molecule has 1 fully saturated rings. The van der Waals surface area contributed by atoms with E-state index in [4.69, 9.17) is 4.74 Å². The standard InChI is InChI=1S/C32H41F3N4O5.2H2/c1-4-10-22(5-2)15-16-25-31(43)38(3)26(29(41)36-21-32(33,34)35)13-6-7-18-44-24-12-8-11-23(19-24)20-27(30(42)37-25)39-17-9-14-28(39)40;;/h4-5,8,10-12,19,25-27H,1-2,6-7,9,13-18,20-21H2,3H3,(H,36,41)(H,37,42);2*1H/b22-10+;;/t25-,26-,27-;;/m0../s1. The van der Waals surface area contributed by atoms with E-state index in [2.05, 4.69) is 18.5 Å². The zero-order chi connectivity index (χ0) is 32.3. The Balaban J connectivity index is 0.00000529. The van der Waals surface area contributed by atoms with Gasteiger partial charge in [-0.15, -0.1) is 0 Å². The summed E-state index contributed by atoms with van der Waals surface area (Å²) in [6.45, 7) is 6.57. The molecule has 2 bridgehead atoms. The average Bonchev–Trinajstić information content (AvgIpc) is 3.41. The second-order valence-corrected chi connectivity index (χ2v) is 11.0. The van der Waals surface area contributed by atoms with E-state index in [1.54, 1.807) is 36.4 Å². The molecule has 2 heterocycles. The molecule has 1 aromatic rings. The van der Waals surface area contributed by atoms with E-state index in [0.717, 1.165) is 16.0 Å². The highest BCUT2D eigenvalue weighted by Crippen LogP contribution is 2.23. The Bertz CT molecular complexity index is 1260. The minimum absolute atomic E-state index is 0. The number of fused-ring (bicyclic) bond motifs is 2. The summed E-state index contributed by atoms with van der Waals surface area (Å²) in [5.74, 6) is -1.73. The lowest BCUT2D eigenvalue weighted by molar-refractivity contribution is -0.147. The number of hydrogen-bond donors (Lipinski definition) is 2. The summed E-state index contributed by atoms with van der Waals surface area (Å²) < 4.78 is 44.6. The van der Waals surface area contributed by atoms with Gasteiger partial charge in [0, 0.05) is 29.3 Å². The van der Waals surface area contributed by atoms with Crippen molar-refractivity contribution in [3.05, 3.63) is 66.8 Å². The van der Waals surface area contributed by atoms with Crippen LogP contribution >= 0.6 is 0 Å². The second kappa shape index (κ2) is 16.1. The second-order valence-electron chi connectivity index (χ2n) is 11.0. The monoisotopic (exact) mass is 622 g/mol. The van der Waals surface area contributed by atoms with Crippen LogP contribution in [0, 0.1) is 0 Å². The molecule has 0 saturated carbocycles. The molecule has 0 spiro atoms. The molecule has 0 radical (unpaired) electrons. The van der Waals surface area contributed by atoms with Gasteiger partial charge < -0.3 is 25.2 Å². The number of ether oxygens (including phenoxy) is 1. The lowest BCUT2D eigenvalue weighted by atomic mass is 9.99. The van der Waals surface area contributed by atoms with Crippen molar-refractivity contribution in [3.8, 4) is 5.75 Å². The number of nitrogens with one attached hydrogen (secondary N) is 2. The number of benzene rings is 1. The average molecular weight is 623 g/mol. The minimum Gasteiger partial charge on any atom is -0.494 e. The van der Waals surface area contributed by atoms with Gasteiger partial charge in [0.25, 0.3) is 0 Å². The first kappa shape index (κ1) is 34.4. The van der Waals surface area contributed by atoms with Gasteiger partial charge in [0.15, 0.2) is 0 Å². The summed E-state index contributed by atoms with van der Waals surface area (Å²) in [6, 6.07) is 3.93. The highest BCUT2D eigenvalue weighted by atomic mass is 19.4. The van der Waals surface area contributed by atoms with Crippen molar-refractivity contribution in [1.29, 1.82) is 0 Å². The van der Waals surface area contributed by atoms with E-state index in [1.165, 1.54) is 11.9 Å². The van der Waals surface area contributed by atoms with Crippen LogP contribution in [0.2, 0.25) is 0 Å². The van der Waals surface area contributed by atoms with Gasteiger partial charge in [-0.25, -0.2) is 0 Å². The van der Waals surface area contributed by atoms with Crippen LogP contribution in [0.15, 0.2) is 61.2 Å². The summed E-state index contributed by atoms with van der Waals surface area (Å²) in [5.41, 5.74) is 1.53. The molecule has 3 atom stereocenters. The fourth-order valence-corrected chi connectivity index (χ4v) is 5.40. The number of likely N-dealkylation sites (tertiary alicyclic amines) is 1. The van der Waals surface area contributed by atoms with Gasteiger partial charge in [-0.3, -0.25) is 19.2 Å². The smallest absolute Gasteiger partial charge is 0.405 e. The lowest BCUT2D eigenvalue weighted by Gasteiger charge is -2.33. The third-order valence-electron chi connectivity index (χ3n) is 7.77. The summed E-state index contributed by atoms with van der Waals surface area (Å²) in [6.07, 6.45) is 2.72. The van der Waals surface area contributed by atoms with Crippen LogP contribution in [-0.4, -0.2) is 84.5 Å². The molecular weight excluding hydrogens is 577 g/mol. The largest absolute Gasteiger partial charge is 0.494 e. The molecule has 4 amide bonds. The fourth-order valence-electron chi connectivity index (χ4n) is 5.40. The van der Waals surface area contributed by atoms with E-state index in [-0.39, 0.29) is 34.6 Å². The molecule has 2 aliphatic rings. The van der Waals surface area contributed by atoms with Gasteiger partial charge >= 0.3 is 6.18 Å². The molecule has 244 valence electrons. The predicted octanol–water partition coefficient (Wildman–Crippen LogP) is 4.34. The Hall–Kier alpha value is -4.09. The molecular formula is C32H45F3N4O5. The van der Waals surface area contributed by atoms with Crippen LogP contribution in [0.4, 0.5) is 13.2 Å². The topological polar surface area (TPSA) is 108 Å². The number of hydrogen-bond acceptors (Lipinski definition) is 5. The van der Waals surface area contributed by atoms with Crippen molar-refractivity contribution in [2.45, 2.75) is 75.7 Å². The lowest BCUT2D eigenvalue weighted by Crippen LogP contribution is -2.58. The maximum atomic E-state index is 13.9. The Morgan fingerprint density at radius 3 is 2.64 bits per heavy atom. The summed E-state index contributed by atoms with van der Waals surface area (Å²) >= 11 is 0. The highest BCUT2D eigenvalue weighted by molar-refractivity contribution is 5.94. The van der Waals surface area contributed by atoms with E-state index < -0.39 is 48.6 Å². The third-order valence-corrected chi connectivity index (χ3v) is 7.77. The van der Waals surface area contributed by atoms with Gasteiger partial charge in [0.2, 0.25) is 23.6 Å². The molecule has 1 saturated heterocycles. The third kappa shape index (κ3) is 9.99. The Labute approximate surface area is 259 Å². The number of halogens is 3. The molecule has 9 nitrogen and oxygen atoms in total. The first-order valence-electron chi connectivity index (χ1n) is 14.8. The first-order chi connectivity index (χ1) is 20.9. The molecule has 44 heavy (non-hydrogen) atoms. The van der Waals surface area contributed by atoms with Gasteiger partial charge in [-0.05, 0) is 61.8 Å². The summed E-state index contributed by atoms with van der Waals surface area (Å²) in [7, 11) is 1.35. The molecule has 1 aromatic carbocycles. The minimum atomic E-state index is -4.63. The zero-order valence-corrected chi connectivity index (χ0v) is 25.0. The normalized spacial score (nSPS) is 22.7. The molecule has 0 aliphatic carbocycles. The predicted molar refractivity (Wildman–Crippen MR) is 164 cm³/mol. The van der Waals surface area contributed by atoms with Gasteiger partial charge in [-0.2, -0.15) is 13.2 Å². The fraction of sp³-hybridized carbons (Fsp3) is 0.500. The SMILES string of the molecule is C=C/C=C(\C=C)CC[C@@H]1NC(=O)[C@@H](N2CCCC2=O)Cc2cccc(c2)OCCCC[C@@H](C(=O)NCC(F)(F)F)N(C)C1=O.[HH].[HH]. The maximum Gasteiger partial charge on any atom is 0.405 e. The Morgan fingerprint density at radius 1 is 1.20 bits per heavy atom. The first-order valence-corrected chi connectivity index (χ1v) is 14.8. The zero-order valence-electron chi connectivity index (χ0n) is 25.0. The van der Waals surface area contributed by atoms with Crippen molar-refractivity contribution in [2.75, 3.05) is 26.7 Å². The summed E-state index contributed by atoms with van der Waals surface area (Å²) in [4.78, 5) is 56.2. The number of likely N-dealkylation sites (N-methyl/N-ethyl adjacent to an activating group) is 1. The number of carbonyl (C=O) groups excluding carboxylic acids is 4. The van der Waals surface area contributed by atoms with Gasteiger partial charge in [-0.1, -0.05) is 43.5 Å². The van der Waals surface area contributed by atoms with E-state index in [9.17, 15) is 32.3 Å². The van der Waals surface area contributed by atoms with E-state index in [1.807, 2.05) is 11.4 Å². The quantitative estimate of drug-likeness (QED) is 0.420. The number of nitrogens with zero attached hydrogens (tertiary/aromatic N) is 2. The number of alkyl halides is 3. The highest BCUT2D eigenvalue weighted by Gasteiger charge is 2.38. The van der Waals surface area contributed by atoms with Gasteiger partial charge in [0.05, 0.1) is 6.61 Å². The number of rotatable bonds is 8. The molecule has 12 heteroatoms. The molecule has 0 unspecified atom stereocenters. The Morgan fingerprint density at radius 2 is 1.98 bits per heavy atom. The van der Waals surface area contributed by atoms with Crippen LogP contribution in [0.1, 0.15) is 53.4 Å². The van der Waals surface area contributed by atoms with Crippen molar-refractivity contribution in [3.63, 3.8) is 0 Å². The van der Waals surface area contributed by atoms with E-state index in [0.29, 0.717) is 44.4 Å². The molecule has 2 N–H and O–H groups in total. The Kier molecular flexibility index (Phi) is 12.6. The number of amides is 4. The van der Waals surface area contributed by atoms with Gasteiger partial charge in [0.1, 0.15) is 30.4 Å². The van der Waals surface area contributed by atoms with Crippen molar-refractivity contribution < 1.29 is 39.9 Å². The molecule has 3 rings (SSSR count). The van der Waals surface area contributed by atoms with Crippen LogP contribution in [0.5, 0.6) is 5.75 Å².